The van der Waals surface area contributed by atoms with E-state index >= 15 is 0 Å². The van der Waals surface area contributed by atoms with Crippen LogP contribution in [0.25, 0.3) is 0 Å². The van der Waals surface area contributed by atoms with Crippen LogP contribution in [0.3, 0.4) is 0 Å². The molecule has 1 heterocycles. The van der Waals surface area contributed by atoms with Gasteiger partial charge in [-0.15, -0.1) is 0 Å². The maximum absolute atomic E-state index is 12.5. The average Bonchev–Trinajstić information content (AvgIpc) is 2.85. The fourth-order valence-corrected chi connectivity index (χ4v) is 3.58. The van der Waals surface area contributed by atoms with Crippen LogP contribution in [0.2, 0.25) is 0 Å². The lowest BCUT2D eigenvalue weighted by Crippen LogP contribution is -2.28. The summed E-state index contributed by atoms with van der Waals surface area (Å²) in [4.78, 5) is 4.26. The molecule has 1 aromatic carbocycles. The topological polar surface area (TPSA) is 98.2 Å². The standard InChI is InChI=1S/C14H19N3O3S/c1-9-8-16-14(20-9)11(3)17-21(18,19)13-6-4-5-12(7-15)10(13)2/h4-6,8,11,17H,7,15H2,1-3H3. The molecule has 0 bridgehead atoms. The van der Waals surface area contributed by atoms with Crippen LogP contribution in [0, 0.1) is 13.8 Å². The van der Waals surface area contributed by atoms with Crippen molar-refractivity contribution in [2.75, 3.05) is 0 Å². The highest BCUT2D eigenvalue weighted by atomic mass is 32.2. The number of benzene rings is 1. The van der Waals surface area contributed by atoms with Gasteiger partial charge in [-0.3, -0.25) is 0 Å². The highest BCUT2D eigenvalue weighted by Crippen LogP contribution is 2.21. The molecule has 1 aromatic heterocycles. The van der Waals surface area contributed by atoms with Crippen LogP contribution in [0.5, 0.6) is 0 Å². The summed E-state index contributed by atoms with van der Waals surface area (Å²) >= 11 is 0. The number of nitrogens with one attached hydrogen (secondary N) is 1. The summed E-state index contributed by atoms with van der Waals surface area (Å²) in [6.07, 6.45) is 1.56. The van der Waals surface area contributed by atoms with Crippen molar-refractivity contribution >= 4 is 10.0 Å². The van der Waals surface area contributed by atoms with Gasteiger partial charge in [-0.05, 0) is 38.0 Å². The second-order valence-electron chi connectivity index (χ2n) is 4.90. The summed E-state index contributed by atoms with van der Waals surface area (Å²) in [7, 11) is -3.67. The molecule has 7 heteroatoms. The fraction of sp³-hybridized carbons (Fsp3) is 0.357. The number of oxazole rings is 1. The Bertz CT molecular complexity index is 738. The van der Waals surface area contributed by atoms with E-state index in [0.29, 0.717) is 23.8 Å². The minimum absolute atomic E-state index is 0.223. The molecule has 2 rings (SSSR count). The van der Waals surface area contributed by atoms with Crippen LogP contribution in [0.4, 0.5) is 0 Å². The summed E-state index contributed by atoms with van der Waals surface area (Å²) in [5.41, 5.74) is 7.08. The summed E-state index contributed by atoms with van der Waals surface area (Å²) in [5, 5.41) is 0. The first-order valence-corrected chi connectivity index (χ1v) is 8.06. The third-order valence-electron chi connectivity index (χ3n) is 3.25. The first-order chi connectivity index (χ1) is 9.85. The Morgan fingerprint density at radius 3 is 2.67 bits per heavy atom. The Labute approximate surface area is 124 Å². The van der Waals surface area contributed by atoms with Crippen LogP contribution in [0.15, 0.2) is 33.7 Å². The number of aromatic nitrogens is 1. The second-order valence-corrected chi connectivity index (χ2v) is 6.58. The Morgan fingerprint density at radius 2 is 2.10 bits per heavy atom. The number of hydrogen-bond donors (Lipinski definition) is 2. The summed E-state index contributed by atoms with van der Waals surface area (Å²) in [6.45, 7) is 5.48. The van der Waals surface area contributed by atoms with Crippen LogP contribution in [0.1, 0.15) is 35.7 Å². The normalized spacial score (nSPS) is 13.3. The predicted molar refractivity (Wildman–Crippen MR) is 79.0 cm³/mol. The SMILES string of the molecule is Cc1cnc(C(C)NS(=O)(=O)c2cccc(CN)c2C)o1. The van der Waals surface area contributed by atoms with Crippen molar-refractivity contribution in [1.29, 1.82) is 0 Å². The van der Waals surface area contributed by atoms with E-state index in [1.807, 2.05) is 6.07 Å². The number of hydrogen-bond acceptors (Lipinski definition) is 5. The van der Waals surface area contributed by atoms with Gasteiger partial charge < -0.3 is 10.2 Å². The smallest absolute Gasteiger partial charge is 0.241 e. The Balaban J connectivity index is 2.30. The maximum Gasteiger partial charge on any atom is 0.241 e. The van der Waals surface area contributed by atoms with E-state index < -0.39 is 16.1 Å². The molecule has 0 saturated heterocycles. The van der Waals surface area contributed by atoms with Crippen molar-refractivity contribution in [1.82, 2.24) is 9.71 Å². The molecule has 0 aliphatic carbocycles. The van der Waals surface area contributed by atoms with Crippen LogP contribution in [-0.4, -0.2) is 13.4 Å². The van der Waals surface area contributed by atoms with Crippen molar-refractivity contribution in [3.05, 3.63) is 47.2 Å². The lowest BCUT2D eigenvalue weighted by Gasteiger charge is -2.14. The molecular formula is C14H19N3O3S. The lowest BCUT2D eigenvalue weighted by atomic mass is 10.1. The number of rotatable bonds is 5. The van der Waals surface area contributed by atoms with Gasteiger partial charge in [-0.1, -0.05) is 12.1 Å². The molecule has 1 unspecified atom stereocenters. The van der Waals surface area contributed by atoms with E-state index in [-0.39, 0.29) is 4.90 Å². The van der Waals surface area contributed by atoms with Crippen molar-refractivity contribution in [3.63, 3.8) is 0 Å². The van der Waals surface area contributed by atoms with Gasteiger partial charge in [-0.25, -0.2) is 13.4 Å². The van der Waals surface area contributed by atoms with E-state index in [1.165, 1.54) is 0 Å². The monoisotopic (exact) mass is 309 g/mol. The van der Waals surface area contributed by atoms with Gasteiger partial charge in [0.2, 0.25) is 15.9 Å². The number of aryl methyl sites for hydroxylation is 1. The Morgan fingerprint density at radius 1 is 1.38 bits per heavy atom. The molecule has 0 aliphatic heterocycles. The molecule has 114 valence electrons. The third kappa shape index (κ3) is 3.31. The summed E-state index contributed by atoms with van der Waals surface area (Å²) in [6, 6.07) is 4.51. The van der Waals surface area contributed by atoms with Crippen LogP contribution >= 0.6 is 0 Å². The Hall–Kier alpha value is -1.70. The third-order valence-corrected chi connectivity index (χ3v) is 4.93. The van der Waals surface area contributed by atoms with Crippen LogP contribution < -0.4 is 10.5 Å². The largest absolute Gasteiger partial charge is 0.444 e. The maximum atomic E-state index is 12.5. The molecule has 0 fully saturated rings. The van der Waals surface area contributed by atoms with Gasteiger partial charge >= 0.3 is 0 Å². The highest BCUT2D eigenvalue weighted by Gasteiger charge is 2.23. The summed E-state index contributed by atoms with van der Waals surface area (Å²) in [5.74, 6) is 0.973. The quantitative estimate of drug-likeness (QED) is 0.877. The zero-order chi connectivity index (χ0) is 15.6. The molecule has 0 saturated carbocycles. The van der Waals surface area contributed by atoms with Gasteiger partial charge in [0.25, 0.3) is 0 Å². The van der Waals surface area contributed by atoms with Crippen molar-refractivity contribution in [3.8, 4) is 0 Å². The number of nitrogens with two attached hydrogens (primary N) is 1. The predicted octanol–water partition coefficient (Wildman–Crippen LogP) is 1.79. The van der Waals surface area contributed by atoms with Crippen molar-refractivity contribution < 1.29 is 12.8 Å². The van der Waals surface area contributed by atoms with Crippen molar-refractivity contribution in [2.24, 2.45) is 5.73 Å². The highest BCUT2D eigenvalue weighted by molar-refractivity contribution is 7.89. The van der Waals surface area contributed by atoms with Gasteiger partial charge in [-0.2, -0.15) is 4.72 Å². The number of sulfonamides is 1. The average molecular weight is 309 g/mol. The van der Waals surface area contributed by atoms with Gasteiger partial charge in [0.1, 0.15) is 5.76 Å². The molecule has 0 aliphatic rings. The number of nitrogens with zero attached hydrogens (tertiary/aromatic N) is 1. The van der Waals surface area contributed by atoms with E-state index in [1.54, 1.807) is 39.1 Å². The van der Waals surface area contributed by atoms with E-state index in [0.717, 1.165) is 5.56 Å². The van der Waals surface area contributed by atoms with Gasteiger partial charge in [0, 0.05) is 6.54 Å². The minimum atomic E-state index is -3.67. The van der Waals surface area contributed by atoms with E-state index in [9.17, 15) is 8.42 Å². The van der Waals surface area contributed by atoms with Crippen LogP contribution in [-0.2, 0) is 16.6 Å². The minimum Gasteiger partial charge on any atom is -0.444 e. The fourth-order valence-electron chi connectivity index (χ4n) is 2.09. The molecule has 1 atom stereocenters. The molecule has 2 aromatic rings. The first-order valence-electron chi connectivity index (χ1n) is 6.58. The summed E-state index contributed by atoms with van der Waals surface area (Å²) < 4.78 is 32.9. The molecule has 6 nitrogen and oxygen atoms in total. The zero-order valence-corrected chi connectivity index (χ0v) is 13.1. The molecule has 3 N–H and O–H groups in total. The Kier molecular flexibility index (Phi) is 4.46. The molecular weight excluding hydrogens is 290 g/mol. The molecule has 0 amide bonds. The molecule has 0 radical (unpaired) electrons. The van der Waals surface area contributed by atoms with E-state index in [4.69, 9.17) is 10.2 Å². The lowest BCUT2D eigenvalue weighted by molar-refractivity contribution is 0.427. The van der Waals surface area contributed by atoms with Gasteiger partial charge in [0.15, 0.2) is 0 Å². The van der Waals surface area contributed by atoms with Crippen molar-refractivity contribution in [2.45, 2.75) is 38.3 Å². The molecule has 0 spiro atoms. The second kappa shape index (κ2) is 5.97. The van der Waals surface area contributed by atoms with E-state index in [2.05, 4.69) is 9.71 Å². The van der Waals surface area contributed by atoms with Gasteiger partial charge in [0.05, 0.1) is 17.1 Å². The first kappa shape index (κ1) is 15.7. The zero-order valence-electron chi connectivity index (χ0n) is 12.3. The molecule has 21 heavy (non-hydrogen) atoms.